The number of H-pyrrole nitrogens is 1. The summed E-state index contributed by atoms with van der Waals surface area (Å²) in [6.45, 7) is 2.63. The SMILES string of the molecule is Cc1cccc(-c2n[nH]cc2-c2ccc(F)c(-c3cnn(CC(O)N(C)CCN(C)C(=O)[C@@H](N)CCC(=O)O)c3)c2)n1. The second-order valence-electron chi connectivity index (χ2n) is 10.2. The minimum atomic E-state index is -1.01. The lowest BCUT2D eigenvalue weighted by atomic mass is 9.99. The molecule has 0 radical (unpaired) electrons. The van der Waals surface area contributed by atoms with E-state index in [0.717, 1.165) is 16.8 Å². The summed E-state index contributed by atoms with van der Waals surface area (Å²) in [5.41, 5.74) is 10.5. The van der Waals surface area contributed by atoms with E-state index >= 15 is 0 Å². The Morgan fingerprint density at radius 1 is 1.14 bits per heavy atom. The van der Waals surface area contributed by atoms with Gasteiger partial charge in [-0.2, -0.15) is 10.2 Å². The summed E-state index contributed by atoms with van der Waals surface area (Å²) in [5, 5.41) is 31.1. The number of hydrogen-bond donors (Lipinski definition) is 4. The number of nitrogens with one attached hydrogen (secondary N) is 1. The Bertz CT molecular complexity index is 1540. The van der Waals surface area contributed by atoms with Crippen molar-refractivity contribution in [2.24, 2.45) is 5.73 Å². The van der Waals surface area contributed by atoms with Crippen LogP contribution in [0.15, 0.2) is 55.0 Å². The number of aromatic nitrogens is 5. The molecule has 2 atom stereocenters. The van der Waals surface area contributed by atoms with Gasteiger partial charge in [-0.05, 0) is 50.2 Å². The van der Waals surface area contributed by atoms with E-state index in [9.17, 15) is 19.1 Å². The van der Waals surface area contributed by atoms with Crippen molar-refractivity contribution in [3.05, 3.63) is 66.5 Å². The maximum absolute atomic E-state index is 15.0. The second-order valence-corrected chi connectivity index (χ2v) is 10.2. The molecule has 13 heteroatoms. The monoisotopic (exact) mass is 578 g/mol. The third-order valence-corrected chi connectivity index (χ3v) is 7.00. The molecule has 1 amide bonds. The number of carboxylic acids is 1. The zero-order chi connectivity index (χ0) is 30.4. The number of halogens is 1. The highest BCUT2D eigenvalue weighted by Gasteiger charge is 2.21. The van der Waals surface area contributed by atoms with Crippen LogP contribution in [0.2, 0.25) is 0 Å². The number of hydrogen-bond acceptors (Lipinski definition) is 8. The molecule has 0 bridgehead atoms. The zero-order valence-corrected chi connectivity index (χ0v) is 23.7. The number of aliphatic hydroxyl groups is 1. The molecule has 3 aromatic heterocycles. The zero-order valence-electron chi connectivity index (χ0n) is 23.7. The molecule has 0 aliphatic heterocycles. The number of likely N-dealkylation sites (N-methyl/N-ethyl adjacent to an activating group) is 2. The third kappa shape index (κ3) is 7.43. The van der Waals surface area contributed by atoms with E-state index in [1.807, 2.05) is 25.1 Å². The van der Waals surface area contributed by atoms with Crippen molar-refractivity contribution >= 4 is 11.9 Å². The Labute approximate surface area is 242 Å². The van der Waals surface area contributed by atoms with E-state index in [-0.39, 0.29) is 31.8 Å². The number of aliphatic hydroxyl groups excluding tert-OH is 1. The lowest BCUT2D eigenvalue weighted by molar-refractivity contribution is -0.137. The minimum Gasteiger partial charge on any atom is -0.481 e. The highest BCUT2D eigenvalue weighted by Crippen LogP contribution is 2.33. The van der Waals surface area contributed by atoms with Gasteiger partial charge in [0.15, 0.2) is 0 Å². The molecule has 0 fully saturated rings. The number of nitrogens with two attached hydrogens (primary N) is 1. The van der Waals surface area contributed by atoms with Crippen LogP contribution in [0.4, 0.5) is 4.39 Å². The molecular weight excluding hydrogens is 543 g/mol. The van der Waals surface area contributed by atoms with E-state index in [0.29, 0.717) is 29.1 Å². The van der Waals surface area contributed by atoms with Crippen LogP contribution >= 0.6 is 0 Å². The van der Waals surface area contributed by atoms with Gasteiger partial charge in [-0.25, -0.2) is 4.39 Å². The van der Waals surface area contributed by atoms with Gasteiger partial charge < -0.3 is 20.8 Å². The average Bonchev–Trinajstić information content (AvgIpc) is 3.64. The van der Waals surface area contributed by atoms with Gasteiger partial charge in [0.05, 0.1) is 24.5 Å². The Morgan fingerprint density at radius 3 is 2.67 bits per heavy atom. The molecule has 3 heterocycles. The number of nitrogens with zero attached hydrogens (tertiary/aromatic N) is 6. The topological polar surface area (TPSA) is 166 Å². The molecule has 0 aliphatic rings. The molecule has 1 unspecified atom stereocenters. The number of aliphatic carboxylic acids is 1. The fourth-order valence-corrected chi connectivity index (χ4v) is 4.46. The summed E-state index contributed by atoms with van der Waals surface area (Å²) in [4.78, 5) is 30.7. The molecule has 0 saturated heterocycles. The highest BCUT2D eigenvalue weighted by molar-refractivity contribution is 5.82. The van der Waals surface area contributed by atoms with E-state index in [4.69, 9.17) is 10.8 Å². The van der Waals surface area contributed by atoms with Crippen LogP contribution < -0.4 is 5.73 Å². The Balaban J connectivity index is 1.40. The van der Waals surface area contributed by atoms with Crippen molar-refractivity contribution in [1.82, 2.24) is 34.8 Å². The van der Waals surface area contributed by atoms with Crippen LogP contribution in [-0.4, -0.2) is 96.3 Å². The molecule has 42 heavy (non-hydrogen) atoms. The number of carboxylic acid groups (broad SMARTS) is 1. The van der Waals surface area contributed by atoms with Crippen LogP contribution in [-0.2, 0) is 16.1 Å². The maximum Gasteiger partial charge on any atom is 0.303 e. The molecule has 0 saturated carbocycles. The molecule has 5 N–H and O–H groups in total. The summed E-state index contributed by atoms with van der Waals surface area (Å²) in [6, 6.07) is 9.60. The second kappa shape index (κ2) is 13.5. The standard InChI is InChI=1S/C29H35FN8O4/c1-18-5-4-6-25(34-18)28-22(15-32-35-28)19-7-8-23(30)21(13-19)20-14-33-38(16-20)17-26(39)36(2)11-12-37(3)29(42)24(31)9-10-27(40)41/h4-8,13-16,24,26,39H,9-12,17,31H2,1-3H3,(H,32,35)(H,40,41)/t24-,26?/m0/s1. The number of pyridine rings is 1. The van der Waals surface area contributed by atoms with Crippen molar-refractivity contribution in [2.75, 3.05) is 27.2 Å². The van der Waals surface area contributed by atoms with E-state index in [2.05, 4.69) is 20.3 Å². The van der Waals surface area contributed by atoms with Crippen molar-refractivity contribution in [3.8, 4) is 33.6 Å². The van der Waals surface area contributed by atoms with Crippen molar-refractivity contribution < 1.29 is 24.2 Å². The quantitative estimate of drug-likeness (QED) is 0.174. The van der Waals surface area contributed by atoms with E-state index < -0.39 is 24.1 Å². The molecule has 4 rings (SSSR count). The van der Waals surface area contributed by atoms with Gasteiger partial charge in [-0.1, -0.05) is 12.1 Å². The van der Waals surface area contributed by atoms with E-state index in [1.54, 1.807) is 43.5 Å². The predicted octanol–water partition coefficient (Wildman–Crippen LogP) is 2.35. The molecule has 12 nitrogen and oxygen atoms in total. The first-order valence-electron chi connectivity index (χ1n) is 13.4. The molecule has 222 valence electrons. The minimum absolute atomic E-state index is 0.0509. The highest BCUT2D eigenvalue weighted by atomic mass is 19.1. The summed E-state index contributed by atoms with van der Waals surface area (Å²) in [7, 11) is 3.28. The van der Waals surface area contributed by atoms with Crippen molar-refractivity contribution in [2.45, 2.75) is 38.6 Å². The fourth-order valence-electron chi connectivity index (χ4n) is 4.46. The van der Waals surface area contributed by atoms with Crippen LogP contribution in [0.3, 0.4) is 0 Å². The number of aryl methyl sites for hydroxylation is 1. The third-order valence-electron chi connectivity index (χ3n) is 7.00. The summed E-state index contributed by atoms with van der Waals surface area (Å²) in [6.07, 6.45) is 3.88. The normalized spacial score (nSPS) is 12.8. The number of carbonyl (C=O) groups is 2. The molecular formula is C29H35FN8O4. The lowest BCUT2D eigenvalue weighted by Gasteiger charge is -2.27. The van der Waals surface area contributed by atoms with Gasteiger partial charge in [-0.3, -0.25) is 29.3 Å². The largest absolute Gasteiger partial charge is 0.481 e. The number of carbonyl (C=O) groups excluding carboxylic acids is 1. The van der Waals surface area contributed by atoms with Gasteiger partial charge >= 0.3 is 5.97 Å². The lowest BCUT2D eigenvalue weighted by Crippen LogP contribution is -2.46. The smallest absolute Gasteiger partial charge is 0.303 e. The summed E-state index contributed by atoms with van der Waals surface area (Å²) < 4.78 is 16.5. The fraction of sp³-hybridized carbons (Fsp3) is 0.345. The number of amides is 1. The Morgan fingerprint density at radius 2 is 1.93 bits per heavy atom. The molecule has 0 aliphatic carbocycles. The average molecular weight is 579 g/mol. The van der Waals surface area contributed by atoms with Crippen molar-refractivity contribution in [3.63, 3.8) is 0 Å². The molecule has 0 spiro atoms. The summed E-state index contributed by atoms with van der Waals surface area (Å²) >= 11 is 0. The number of benzene rings is 1. The number of aromatic amines is 1. The van der Waals surface area contributed by atoms with Gasteiger partial charge in [0.25, 0.3) is 0 Å². The first-order chi connectivity index (χ1) is 20.0. The van der Waals surface area contributed by atoms with Gasteiger partial charge in [0.1, 0.15) is 17.7 Å². The molecule has 1 aromatic carbocycles. The summed E-state index contributed by atoms with van der Waals surface area (Å²) in [5.74, 6) is -1.79. The van der Waals surface area contributed by atoms with Crippen LogP contribution in [0, 0.1) is 12.7 Å². The van der Waals surface area contributed by atoms with Crippen LogP contribution in [0.1, 0.15) is 18.5 Å². The van der Waals surface area contributed by atoms with Gasteiger partial charge in [0, 0.05) is 61.3 Å². The van der Waals surface area contributed by atoms with E-state index in [1.165, 1.54) is 21.8 Å². The predicted molar refractivity (Wildman–Crippen MR) is 154 cm³/mol. The first-order valence-corrected chi connectivity index (χ1v) is 13.4. The van der Waals surface area contributed by atoms with Gasteiger partial charge in [0.2, 0.25) is 5.91 Å². The van der Waals surface area contributed by atoms with Crippen LogP contribution in [0.5, 0.6) is 0 Å². The number of rotatable bonds is 13. The van der Waals surface area contributed by atoms with Gasteiger partial charge in [-0.15, -0.1) is 0 Å². The first kappa shape index (κ1) is 30.5. The Hall–Kier alpha value is -4.46. The van der Waals surface area contributed by atoms with Crippen molar-refractivity contribution in [1.29, 1.82) is 0 Å². The van der Waals surface area contributed by atoms with Crippen LogP contribution in [0.25, 0.3) is 33.6 Å². The molecule has 4 aromatic rings. The Kier molecular flexibility index (Phi) is 9.78. The maximum atomic E-state index is 15.0.